The van der Waals surface area contributed by atoms with Gasteiger partial charge in [0, 0.05) is 22.7 Å². The zero-order valence-electron chi connectivity index (χ0n) is 7.96. The molecule has 1 rings (SSSR count). The summed E-state index contributed by atoms with van der Waals surface area (Å²) in [5.74, 6) is 5.69. The molecule has 0 bridgehead atoms. The second kappa shape index (κ2) is 5.43. The quantitative estimate of drug-likeness (QED) is 0.703. The molecule has 1 aromatic heterocycles. The zero-order valence-corrected chi connectivity index (χ0v) is 8.78. The summed E-state index contributed by atoms with van der Waals surface area (Å²) >= 11 is 1.58. The van der Waals surface area contributed by atoms with Crippen LogP contribution < -0.4 is 11.1 Å². The van der Waals surface area contributed by atoms with Gasteiger partial charge in [-0.2, -0.15) is 0 Å². The van der Waals surface area contributed by atoms with Crippen LogP contribution in [0, 0.1) is 11.8 Å². The number of carbonyl (C=O) groups is 1. The molecule has 1 heterocycles. The first-order valence-corrected chi connectivity index (χ1v) is 5.11. The summed E-state index contributed by atoms with van der Waals surface area (Å²) in [6.45, 7) is 2.45. The lowest BCUT2D eigenvalue weighted by Gasteiger charge is -1.96. The van der Waals surface area contributed by atoms with Gasteiger partial charge >= 0.3 is 0 Å². The van der Waals surface area contributed by atoms with E-state index in [1.165, 1.54) is 6.92 Å². The third-order valence-corrected chi connectivity index (χ3v) is 2.44. The fraction of sp³-hybridized carbons (Fsp3) is 0.300. The van der Waals surface area contributed by atoms with Crippen LogP contribution in [0.2, 0.25) is 0 Å². The summed E-state index contributed by atoms with van der Waals surface area (Å²) in [5, 5.41) is 4.69. The molecule has 0 aliphatic rings. The Bertz CT molecular complexity index is 373. The second-order valence-corrected chi connectivity index (χ2v) is 3.71. The summed E-state index contributed by atoms with van der Waals surface area (Å²) in [7, 11) is 0. The summed E-state index contributed by atoms with van der Waals surface area (Å²) in [6, 6.07) is 1.96. The molecule has 0 atom stereocenters. The molecule has 1 aromatic rings. The molecule has 0 saturated heterocycles. The van der Waals surface area contributed by atoms with Crippen LogP contribution in [0.4, 0.5) is 0 Å². The number of rotatable bonds is 2. The lowest BCUT2D eigenvalue weighted by Crippen LogP contribution is -2.18. The van der Waals surface area contributed by atoms with Gasteiger partial charge in [-0.3, -0.25) is 4.79 Å². The Kier molecular flexibility index (Phi) is 4.17. The van der Waals surface area contributed by atoms with Crippen LogP contribution in [0.25, 0.3) is 0 Å². The summed E-state index contributed by atoms with van der Waals surface area (Å²) in [4.78, 5) is 11.7. The van der Waals surface area contributed by atoms with Gasteiger partial charge in [-0.05, 0) is 6.07 Å². The predicted molar refractivity (Wildman–Crippen MR) is 57.8 cm³/mol. The molecule has 0 aromatic carbocycles. The molecule has 1 amide bonds. The van der Waals surface area contributed by atoms with Crippen LogP contribution in [0.3, 0.4) is 0 Å². The number of hydrogen-bond acceptors (Lipinski definition) is 3. The maximum absolute atomic E-state index is 10.6. The van der Waals surface area contributed by atoms with E-state index in [-0.39, 0.29) is 5.91 Å². The molecule has 0 saturated carbocycles. The monoisotopic (exact) mass is 208 g/mol. The van der Waals surface area contributed by atoms with E-state index in [1.807, 2.05) is 11.4 Å². The van der Waals surface area contributed by atoms with Gasteiger partial charge in [-0.1, -0.05) is 11.8 Å². The molecule has 14 heavy (non-hydrogen) atoms. The van der Waals surface area contributed by atoms with Gasteiger partial charge < -0.3 is 11.1 Å². The van der Waals surface area contributed by atoms with Gasteiger partial charge in [0.1, 0.15) is 0 Å². The highest BCUT2D eigenvalue weighted by molar-refractivity contribution is 7.10. The minimum atomic E-state index is -0.0204. The number of carbonyl (C=O) groups excluding carboxylic acids is 1. The van der Waals surface area contributed by atoms with Gasteiger partial charge in [0.25, 0.3) is 0 Å². The Morgan fingerprint density at radius 3 is 3.14 bits per heavy atom. The molecule has 0 aliphatic carbocycles. The molecule has 3 N–H and O–H groups in total. The van der Waals surface area contributed by atoms with Crippen LogP contribution in [-0.2, 0) is 11.3 Å². The van der Waals surface area contributed by atoms with Crippen molar-refractivity contribution in [2.75, 3.05) is 6.54 Å². The highest BCUT2D eigenvalue weighted by Gasteiger charge is 1.98. The Labute approximate surface area is 87.3 Å². The summed E-state index contributed by atoms with van der Waals surface area (Å²) in [6.07, 6.45) is 0. The average molecular weight is 208 g/mol. The van der Waals surface area contributed by atoms with Crippen molar-refractivity contribution in [2.45, 2.75) is 13.5 Å². The van der Waals surface area contributed by atoms with Crippen molar-refractivity contribution in [3.05, 3.63) is 21.9 Å². The van der Waals surface area contributed by atoms with Crippen molar-refractivity contribution in [1.29, 1.82) is 0 Å². The number of hydrogen-bond donors (Lipinski definition) is 2. The second-order valence-electron chi connectivity index (χ2n) is 2.72. The molecule has 0 spiro atoms. The zero-order chi connectivity index (χ0) is 10.4. The smallest absolute Gasteiger partial charge is 0.217 e. The van der Waals surface area contributed by atoms with Gasteiger partial charge in [0.05, 0.1) is 13.1 Å². The van der Waals surface area contributed by atoms with Gasteiger partial charge in [-0.15, -0.1) is 11.3 Å². The molecule has 0 aliphatic heterocycles. The van der Waals surface area contributed by atoms with E-state index in [0.29, 0.717) is 13.1 Å². The highest BCUT2D eigenvalue weighted by atomic mass is 32.1. The van der Waals surface area contributed by atoms with Crippen molar-refractivity contribution >= 4 is 17.2 Å². The maximum atomic E-state index is 10.6. The van der Waals surface area contributed by atoms with Crippen LogP contribution in [0.5, 0.6) is 0 Å². The van der Waals surface area contributed by atoms with Crippen molar-refractivity contribution in [2.24, 2.45) is 5.73 Å². The fourth-order valence-corrected chi connectivity index (χ4v) is 1.66. The maximum Gasteiger partial charge on any atom is 0.217 e. The van der Waals surface area contributed by atoms with E-state index in [9.17, 15) is 4.79 Å². The van der Waals surface area contributed by atoms with E-state index < -0.39 is 0 Å². The first-order chi connectivity index (χ1) is 6.72. The van der Waals surface area contributed by atoms with E-state index >= 15 is 0 Å². The Hall–Kier alpha value is -1.31. The topological polar surface area (TPSA) is 55.1 Å². The number of nitrogens with two attached hydrogens (primary N) is 1. The van der Waals surface area contributed by atoms with E-state index in [4.69, 9.17) is 5.73 Å². The Morgan fingerprint density at radius 2 is 2.50 bits per heavy atom. The third kappa shape index (κ3) is 3.60. The van der Waals surface area contributed by atoms with Crippen LogP contribution in [0.1, 0.15) is 17.4 Å². The molecule has 4 heteroatoms. The third-order valence-electron chi connectivity index (χ3n) is 1.50. The van der Waals surface area contributed by atoms with Crippen molar-refractivity contribution in [1.82, 2.24) is 5.32 Å². The molecule has 0 fully saturated rings. The van der Waals surface area contributed by atoms with Crippen molar-refractivity contribution in [3.8, 4) is 11.8 Å². The van der Waals surface area contributed by atoms with Crippen LogP contribution in [-0.4, -0.2) is 12.5 Å². The average Bonchev–Trinajstić information content (AvgIpc) is 2.59. The number of amides is 1. The molecule has 0 radical (unpaired) electrons. The summed E-state index contributed by atoms with van der Waals surface area (Å²) in [5.41, 5.74) is 6.21. The SMILES string of the molecule is CC(=O)NCc1cc(C#CCN)cs1. The van der Waals surface area contributed by atoms with Gasteiger partial charge in [0.2, 0.25) is 5.91 Å². The lowest BCUT2D eigenvalue weighted by molar-refractivity contribution is -0.119. The molecular weight excluding hydrogens is 196 g/mol. The molecule has 74 valence electrons. The van der Waals surface area contributed by atoms with Crippen LogP contribution >= 0.6 is 11.3 Å². The first-order valence-electron chi connectivity index (χ1n) is 4.23. The predicted octanol–water partition coefficient (Wildman–Crippen LogP) is 0.694. The van der Waals surface area contributed by atoms with Crippen LogP contribution in [0.15, 0.2) is 11.4 Å². The Balaban J connectivity index is 2.55. The fourth-order valence-electron chi connectivity index (χ4n) is 0.904. The minimum Gasteiger partial charge on any atom is -0.351 e. The van der Waals surface area contributed by atoms with E-state index in [2.05, 4.69) is 17.2 Å². The van der Waals surface area contributed by atoms with Crippen molar-refractivity contribution < 1.29 is 4.79 Å². The van der Waals surface area contributed by atoms with E-state index in [0.717, 1.165) is 10.4 Å². The number of thiophene rings is 1. The number of nitrogens with one attached hydrogen (secondary N) is 1. The standard InChI is InChI=1S/C10H12N2OS/c1-8(13)12-6-10-5-9(7-14-10)3-2-4-11/h5,7H,4,6,11H2,1H3,(H,12,13). The lowest BCUT2D eigenvalue weighted by atomic mass is 10.3. The first kappa shape index (κ1) is 10.8. The molecule has 3 nitrogen and oxygen atoms in total. The van der Waals surface area contributed by atoms with Gasteiger partial charge in [-0.25, -0.2) is 0 Å². The summed E-state index contributed by atoms with van der Waals surface area (Å²) < 4.78 is 0. The largest absolute Gasteiger partial charge is 0.351 e. The molecular formula is C10H12N2OS. The molecule has 0 unspecified atom stereocenters. The minimum absolute atomic E-state index is 0.0204. The van der Waals surface area contributed by atoms with Gasteiger partial charge in [0.15, 0.2) is 0 Å². The van der Waals surface area contributed by atoms with E-state index in [1.54, 1.807) is 11.3 Å². The normalized spacial score (nSPS) is 9.00. The Morgan fingerprint density at radius 1 is 1.71 bits per heavy atom. The van der Waals surface area contributed by atoms with Crippen molar-refractivity contribution in [3.63, 3.8) is 0 Å². The highest BCUT2D eigenvalue weighted by Crippen LogP contribution is 2.13.